The second-order valence-electron chi connectivity index (χ2n) is 7.45. The highest BCUT2D eigenvalue weighted by molar-refractivity contribution is 9.10. The summed E-state index contributed by atoms with van der Waals surface area (Å²) < 4.78 is 12.3. The lowest BCUT2D eigenvalue weighted by molar-refractivity contribution is -0.386. The van der Waals surface area contributed by atoms with E-state index < -0.39 is 16.7 Å². The number of carbonyl (C=O) groups is 2. The number of nitro groups is 1. The number of amides is 2. The van der Waals surface area contributed by atoms with Crippen molar-refractivity contribution >= 4 is 45.2 Å². The molecule has 2 amide bonds. The number of para-hydroxylation sites is 1. The molecule has 1 aliphatic heterocycles. The fourth-order valence-electron chi connectivity index (χ4n) is 3.45. The Labute approximate surface area is 209 Å². The first-order valence-corrected chi connectivity index (χ1v) is 11.4. The predicted octanol–water partition coefficient (Wildman–Crippen LogP) is 4.80. The van der Waals surface area contributed by atoms with Crippen LogP contribution in [-0.4, -0.2) is 23.3 Å². The summed E-state index contributed by atoms with van der Waals surface area (Å²) in [7, 11) is 0. The van der Waals surface area contributed by atoms with Gasteiger partial charge in [0.15, 0.2) is 5.75 Å². The van der Waals surface area contributed by atoms with Gasteiger partial charge in [0.05, 0.1) is 17.2 Å². The molecule has 1 heterocycles. The third-order valence-electron chi connectivity index (χ3n) is 5.07. The maximum absolute atomic E-state index is 12.9. The van der Waals surface area contributed by atoms with E-state index in [4.69, 9.17) is 9.47 Å². The number of rotatable bonds is 8. The van der Waals surface area contributed by atoms with Crippen LogP contribution in [0.1, 0.15) is 18.1 Å². The SMILES string of the molecule is CCOc1cc(/C=C2/C(=O)NN(c3ccccc3)C2=O)cc([N+](=O)[O-])c1OCc1ccc(Br)cc1. The van der Waals surface area contributed by atoms with Gasteiger partial charge < -0.3 is 9.47 Å². The molecule has 0 spiro atoms. The molecule has 3 aromatic rings. The van der Waals surface area contributed by atoms with E-state index in [1.807, 2.05) is 24.3 Å². The van der Waals surface area contributed by atoms with Gasteiger partial charge in [0, 0.05) is 10.5 Å². The van der Waals surface area contributed by atoms with Crippen molar-refractivity contribution in [2.45, 2.75) is 13.5 Å². The molecule has 1 saturated heterocycles. The third kappa shape index (κ3) is 5.33. The van der Waals surface area contributed by atoms with Gasteiger partial charge in [0.25, 0.3) is 11.8 Å². The topological polar surface area (TPSA) is 111 Å². The van der Waals surface area contributed by atoms with Crippen molar-refractivity contribution in [2.24, 2.45) is 0 Å². The number of hydrazine groups is 1. The van der Waals surface area contributed by atoms with Gasteiger partial charge in [-0.25, -0.2) is 5.01 Å². The Kier molecular flexibility index (Phi) is 7.11. The maximum Gasteiger partial charge on any atom is 0.315 e. The van der Waals surface area contributed by atoms with E-state index in [1.165, 1.54) is 18.2 Å². The molecule has 178 valence electrons. The highest BCUT2D eigenvalue weighted by Crippen LogP contribution is 2.40. The molecule has 3 aromatic carbocycles. The molecule has 1 N–H and O–H groups in total. The van der Waals surface area contributed by atoms with E-state index in [2.05, 4.69) is 21.4 Å². The van der Waals surface area contributed by atoms with Gasteiger partial charge in [0.2, 0.25) is 5.75 Å². The smallest absolute Gasteiger partial charge is 0.315 e. The number of hydrogen-bond acceptors (Lipinski definition) is 6. The lowest BCUT2D eigenvalue weighted by Gasteiger charge is -2.14. The zero-order chi connectivity index (χ0) is 24.9. The minimum Gasteiger partial charge on any atom is -0.490 e. The lowest BCUT2D eigenvalue weighted by Crippen LogP contribution is -2.35. The van der Waals surface area contributed by atoms with E-state index in [9.17, 15) is 19.7 Å². The van der Waals surface area contributed by atoms with Gasteiger partial charge in [-0.15, -0.1) is 0 Å². The molecule has 9 nitrogen and oxygen atoms in total. The Hall–Kier alpha value is -4.18. The van der Waals surface area contributed by atoms with Gasteiger partial charge in [-0.3, -0.25) is 25.1 Å². The van der Waals surface area contributed by atoms with Crippen LogP contribution in [-0.2, 0) is 16.2 Å². The number of halogens is 1. The van der Waals surface area contributed by atoms with Gasteiger partial charge in [-0.2, -0.15) is 0 Å². The molecule has 0 bridgehead atoms. The fourth-order valence-corrected chi connectivity index (χ4v) is 3.72. The van der Waals surface area contributed by atoms with Crippen LogP contribution in [0.3, 0.4) is 0 Å². The minimum absolute atomic E-state index is 0.0324. The molecule has 1 fully saturated rings. The average Bonchev–Trinajstić information content (AvgIpc) is 3.13. The zero-order valence-electron chi connectivity index (χ0n) is 18.6. The largest absolute Gasteiger partial charge is 0.490 e. The summed E-state index contributed by atoms with van der Waals surface area (Å²) in [6, 6.07) is 18.7. The average molecular weight is 538 g/mol. The molecule has 1 aliphatic rings. The number of nitro benzene ring substituents is 1. The normalized spacial score (nSPS) is 14.2. The number of nitrogens with one attached hydrogen (secondary N) is 1. The first-order valence-electron chi connectivity index (χ1n) is 10.6. The van der Waals surface area contributed by atoms with Crippen LogP contribution in [0, 0.1) is 10.1 Å². The van der Waals surface area contributed by atoms with Gasteiger partial charge in [0.1, 0.15) is 12.2 Å². The summed E-state index contributed by atoms with van der Waals surface area (Å²) in [5.74, 6) is -1.08. The zero-order valence-corrected chi connectivity index (χ0v) is 20.2. The number of benzene rings is 3. The summed E-state index contributed by atoms with van der Waals surface area (Å²) in [5, 5.41) is 13.0. The molecular formula is C25H20BrN3O6. The second-order valence-corrected chi connectivity index (χ2v) is 8.36. The molecule has 0 unspecified atom stereocenters. The standard InChI is InChI=1S/C25H20BrN3O6/c1-2-34-22-14-17(12-20-24(30)27-28(25(20)31)19-6-4-3-5-7-19)13-21(29(32)33)23(22)35-15-16-8-10-18(26)11-9-16/h3-14H,2,15H2,1H3,(H,27,30)/b20-12-. The first-order chi connectivity index (χ1) is 16.9. The van der Waals surface area contributed by atoms with Crippen LogP contribution in [0.25, 0.3) is 6.08 Å². The van der Waals surface area contributed by atoms with Crippen molar-refractivity contribution in [3.8, 4) is 11.5 Å². The van der Waals surface area contributed by atoms with Crippen LogP contribution < -0.4 is 19.9 Å². The third-order valence-corrected chi connectivity index (χ3v) is 5.60. The van der Waals surface area contributed by atoms with E-state index in [0.29, 0.717) is 5.69 Å². The van der Waals surface area contributed by atoms with Crippen LogP contribution >= 0.6 is 15.9 Å². The number of ether oxygens (including phenoxy) is 2. The van der Waals surface area contributed by atoms with Crippen molar-refractivity contribution in [2.75, 3.05) is 11.6 Å². The Balaban J connectivity index is 1.68. The van der Waals surface area contributed by atoms with E-state index in [-0.39, 0.29) is 41.5 Å². The van der Waals surface area contributed by atoms with Crippen LogP contribution in [0.15, 0.2) is 76.8 Å². The van der Waals surface area contributed by atoms with E-state index in [0.717, 1.165) is 15.0 Å². The molecule has 10 heteroatoms. The number of nitrogens with zero attached hydrogens (tertiary/aromatic N) is 2. The highest BCUT2D eigenvalue weighted by Gasteiger charge is 2.34. The van der Waals surface area contributed by atoms with Crippen molar-refractivity contribution in [1.82, 2.24) is 5.43 Å². The summed E-state index contributed by atoms with van der Waals surface area (Å²) in [6.45, 7) is 2.05. The van der Waals surface area contributed by atoms with Crippen molar-refractivity contribution in [3.63, 3.8) is 0 Å². The predicted molar refractivity (Wildman–Crippen MR) is 133 cm³/mol. The Morgan fingerprint density at radius 1 is 1.06 bits per heavy atom. The molecule has 0 atom stereocenters. The summed E-state index contributed by atoms with van der Waals surface area (Å²) >= 11 is 3.36. The quantitative estimate of drug-likeness (QED) is 0.191. The van der Waals surface area contributed by atoms with Crippen LogP contribution in [0.4, 0.5) is 11.4 Å². The maximum atomic E-state index is 12.9. The van der Waals surface area contributed by atoms with Crippen molar-refractivity contribution in [1.29, 1.82) is 0 Å². The number of anilines is 1. The molecule has 0 radical (unpaired) electrons. The van der Waals surface area contributed by atoms with Crippen molar-refractivity contribution in [3.05, 3.63) is 98.0 Å². The van der Waals surface area contributed by atoms with Crippen molar-refractivity contribution < 1.29 is 24.0 Å². The van der Waals surface area contributed by atoms with Crippen LogP contribution in [0.2, 0.25) is 0 Å². The second kappa shape index (κ2) is 10.4. The Morgan fingerprint density at radius 2 is 1.77 bits per heavy atom. The molecule has 0 saturated carbocycles. The van der Waals surface area contributed by atoms with Gasteiger partial charge in [-0.05, 0) is 54.5 Å². The lowest BCUT2D eigenvalue weighted by atomic mass is 10.1. The molecule has 0 aliphatic carbocycles. The highest BCUT2D eigenvalue weighted by atomic mass is 79.9. The molecule has 0 aromatic heterocycles. The number of hydrogen-bond donors (Lipinski definition) is 1. The number of carbonyl (C=O) groups excluding carboxylic acids is 2. The summed E-state index contributed by atoms with van der Waals surface area (Å²) in [6.07, 6.45) is 1.30. The van der Waals surface area contributed by atoms with Gasteiger partial charge in [-0.1, -0.05) is 46.3 Å². The summed E-state index contributed by atoms with van der Waals surface area (Å²) in [4.78, 5) is 36.7. The Morgan fingerprint density at radius 3 is 2.43 bits per heavy atom. The van der Waals surface area contributed by atoms with E-state index >= 15 is 0 Å². The first kappa shape index (κ1) is 24.0. The monoisotopic (exact) mass is 537 g/mol. The molecular weight excluding hydrogens is 518 g/mol. The van der Waals surface area contributed by atoms with Gasteiger partial charge >= 0.3 is 5.69 Å². The Bertz CT molecular complexity index is 1310. The minimum atomic E-state index is -0.616. The molecule has 35 heavy (non-hydrogen) atoms. The van der Waals surface area contributed by atoms with Crippen LogP contribution in [0.5, 0.6) is 11.5 Å². The molecule has 4 rings (SSSR count). The summed E-state index contributed by atoms with van der Waals surface area (Å²) in [5.41, 5.74) is 3.56. The fraction of sp³-hybridized carbons (Fsp3) is 0.120. The van der Waals surface area contributed by atoms with E-state index in [1.54, 1.807) is 37.3 Å².